The smallest absolute Gasteiger partial charge is 0.218 e. The van der Waals surface area contributed by atoms with Crippen LogP contribution in [0.4, 0.5) is 0 Å². The standard InChI is InChI=1S/C28H18NO2.C13H24O2.Ir/c1-28(2)20-11-7-10-18(24(20)26-25(28)19-9-4-6-13-23(19)30-26)21-15-14-17-16-8-3-5-12-22(16)31-27(17)29-21;1-5-10(6-2)12(14)9-13(15)11(7-3)8-4;/h3-9,11-15H,1-2H3;9-11,14H,5-8H2,1-4H3;/q-1;;/b;12-9-;. The number of benzene rings is 3. The van der Waals surface area contributed by atoms with Crippen LogP contribution in [0.5, 0.6) is 0 Å². The second-order valence-corrected chi connectivity index (χ2v) is 12.7. The predicted octanol–water partition coefficient (Wildman–Crippen LogP) is 11.4. The second-order valence-electron chi connectivity index (χ2n) is 12.7. The Morgan fingerprint density at radius 3 is 2.11 bits per heavy atom. The van der Waals surface area contributed by atoms with Crippen molar-refractivity contribution in [2.45, 2.75) is 72.6 Å². The molecule has 0 aliphatic heterocycles. The van der Waals surface area contributed by atoms with Crippen molar-refractivity contribution in [3.8, 4) is 22.6 Å². The van der Waals surface area contributed by atoms with E-state index >= 15 is 0 Å². The molecule has 1 radical (unpaired) electrons. The first-order valence-electron chi connectivity index (χ1n) is 16.5. The molecule has 245 valence electrons. The minimum absolute atomic E-state index is 0. The Hall–Kier alpha value is -3.99. The van der Waals surface area contributed by atoms with Gasteiger partial charge in [0.25, 0.3) is 0 Å². The van der Waals surface area contributed by atoms with Crippen LogP contribution in [-0.4, -0.2) is 15.9 Å². The van der Waals surface area contributed by atoms with E-state index in [1.807, 2.05) is 64.1 Å². The van der Waals surface area contributed by atoms with Crippen LogP contribution in [0.2, 0.25) is 0 Å². The Labute approximate surface area is 290 Å². The Balaban J connectivity index is 0.000000234. The van der Waals surface area contributed by atoms with Gasteiger partial charge in [-0.3, -0.25) is 9.78 Å². The van der Waals surface area contributed by atoms with Crippen molar-refractivity contribution >= 4 is 38.8 Å². The van der Waals surface area contributed by atoms with Crippen LogP contribution in [0.1, 0.15) is 78.4 Å². The number of carbonyl (C=O) groups excluding carboxylic acids is 1. The van der Waals surface area contributed by atoms with E-state index in [-0.39, 0.29) is 48.9 Å². The van der Waals surface area contributed by atoms with Crippen LogP contribution in [0.3, 0.4) is 0 Å². The van der Waals surface area contributed by atoms with Crippen molar-refractivity contribution in [1.29, 1.82) is 0 Å². The van der Waals surface area contributed by atoms with Gasteiger partial charge in [-0.1, -0.05) is 95.6 Å². The SMILES string of the molecule is CC1(C)c2cc[c-]c(-c3ccc4c(n3)oc3ccccc34)c2-c2oc3ccccc3c21.CCC(CC)C(=O)/C=C(\O)C(CC)CC.[Ir]. The number of ketones is 1. The van der Waals surface area contributed by atoms with Crippen LogP contribution in [0.25, 0.3) is 55.6 Å². The van der Waals surface area contributed by atoms with Crippen molar-refractivity contribution in [3.05, 3.63) is 102 Å². The molecule has 1 aliphatic rings. The Morgan fingerprint density at radius 2 is 1.45 bits per heavy atom. The second kappa shape index (κ2) is 14.0. The molecule has 0 fully saturated rings. The molecular weight excluding hydrogens is 763 g/mol. The number of para-hydroxylation sites is 2. The number of fused-ring (bicyclic) bond motifs is 8. The molecule has 6 aromatic rings. The van der Waals surface area contributed by atoms with E-state index in [2.05, 4.69) is 56.3 Å². The molecule has 47 heavy (non-hydrogen) atoms. The number of aliphatic hydroxyl groups is 1. The average molecular weight is 805 g/mol. The number of allylic oxidation sites excluding steroid dienone is 2. The first-order valence-corrected chi connectivity index (χ1v) is 16.5. The van der Waals surface area contributed by atoms with Gasteiger partial charge in [0, 0.05) is 65.2 Å². The number of hydrogen-bond donors (Lipinski definition) is 1. The fraction of sp³-hybridized carbons (Fsp3) is 0.317. The topological polar surface area (TPSA) is 76.5 Å². The zero-order chi connectivity index (χ0) is 32.6. The Morgan fingerprint density at radius 1 is 0.830 bits per heavy atom. The minimum Gasteiger partial charge on any atom is -0.512 e. The van der Waals surface area contributed by atoms with E-state index in [1.54, 1.807) is 0 Å². The summed E-state index contributed by atoms with van der Waals surface area (Å²) in [5.74, 6) is 1.48. The van der Waals surface area contributed by atoms with E-state index < -0.39 is 0 Å². The quantitative estimate of drug-likeness (QED) is 0.0942. The molecule has 0 bridgehead atoms. The maximum absolute atomic E-state index is 11.7. The number of pyridine rings is 1. The summed E-state index contributed by atoms with van der Waals surface area (Å²) in [6.45, 7) is 12.6. The van der Waals surface area contributed by atoms with Gasteiger partial charge in [0.05, 0.1) is 11.5 Å². The summed E-state index contributed by atoms with van der Waals surface area (Å²) >= 11 is 0. The number of carbonyl (C=O) groups is 1. The van der Waals surface area contributed by atoms with E-state index in [4.69, 9.17) is 13.8 Å². The summed E-state index contributed by atoms with van der Waals surface area (Å²) in [6.07, 6.45) is 4.91. The Kier molecular flexibility index (Phi) is 10.2. The van der Waals surface area contributed by atoms with Crippen molar-refractivity contribution in [2.24, 2.45) is 11.8 Å². The molecule has 0 unspecified atom stereocenters. The maximum Gasteiger partial charge on any atom is 0.218 e. The van der Waals surface area contributed by atoms with Gasteiger partial charge in [-0.2, -0.15) is 0 Å². The molecule has 0 saturated carbocycles. The molecule has 3 aromatic heterocycles. The molecule has 7 rings (SSSR count). The Bertz CT molecular complexity index is 2070. The summed E-state index contributed by atoms with van der Waals surface area (Å²) in [6, 6.07) is 28.1. The molecular formula is C41H42IrNO4-. The van der Waals surface area contributed by atoms with Gasteiger partial charge in [0.2, 0.25) is 5.71 Å². The number of nitrogens with zero attached hydrogens (tertiary/aromatic N) is 1. The van der Waals surface area contributed by atoms with Gasteiger partial charge in [-0.25, -0.2) is 0 Å². The third-order valence-corrected chi connectivity index (χ3v) is 9.70. The van der Waals surface area contributed by atoms with Crippen molar-refractivity contribution in [1.82, 2.24) is 4.98 Å². The number of hydrogen-bond acceptors (Lipinski definition) is 5. The molecule has 5 nitrogen and oxygen atoms in total. The fourth-order valence-electron chi connectivity index (χ4n) is 6.96. The van der Waals surface area contributed by atoms with Crippen molar-refractivity contribution < 1.29 is 38.8 Å². The van der Waals surface area contributed by atoms with Crippen LogP contribution in [0.15, 0.2) is 93.5 Å². The van der Waals surface area contributed by atoms with Crippen molar-refractivity contribution in [2.75, 3.05) is 0 Å². The minimum atomic E-state index is -0.162. The normalized spacial score (nSPS) is 13.5. The van der Waals surface area contributed by atoms with E-state index in [0.29, 0.717) is 5.71 Å². The number of rotatable bonds is 8. The van der Waals surface area contributed by atoms with Gasteiger partial charge >= 0.3 is 0 Å². The number of aliphatic hydroxyl groups excluding tert-OH is 1. The maximum atomic E-state index is 11.7. The van der Waals surface area contributed by atoms with Gasteiger partial charge in [-0.15, -0.1) is 29.3 Å². The third-order valence-electron chi connectivity index (χ3n) is 9.70. The molecule has 3 aromatic carbocycles. The summed E-state index contributed by atoms with van der Waals surface area (Å²) < 4.78 is 12.4. The average Bonchev–Trinajstić information content (AvgIpc) is 3.70. The first-order chi connectivity index (χ1) is 22.2. The number of furan rings is 2. The fourth-order valence-corrected chi connectivity index (χ4v) is 6.96. The summed E-state index contributed by atoms with van der Waals surface area (Å²) in [4.78, 5) is 16.6. The van der Waals surface area contributed by atoms with Crippen molar-refractivity contribution in [3.63, 3.8) is 0 Å². The summed E-state index contributed by atoms with van der Waals surface area (Å²) in [5, 5.41) is 13.0. The predicted molar refractivity (Wildman–Crippen MR) is 187 cm³/mol. The zero-order valence-corrected chi connectivity index (χ0v) is 30.3. The van der Waals surface area contributed by atoms with E-state index in [1.165, 1.54) is 22.6 Å². The largest absolute Gasteiger partial charge is 0.512 e. The van der Waals surface area contributed by atoms with Crippen LogP contribution in [-0.2, 0) is 30.3 Å². The van der Waals surface area contributed by atoms with Crippen LogP contribution in [0, 0.1) is 17.9 Å². The van der Waals surface area contributed by atoms with E-state index in [0.717, 1.165) is 70.2 Å². The monoisotopic (exact) mass is 805 g/mol. The van der Waals surface area contributed by atoms with Gasteiger partial charge in [0.15, 0.2) is 5.78 Å². The molecule has 0 amide bonds. The third kappa shape index (κ3) is 6.10. The molecule has 0 spiro atoms. The molecule has 1 aliphatic carbocycles. The van der Waals surface area contributed by atoms with E-state index in [9.17, 15) is 9.90 Å². The van der Waals surface area contributed by atoms with Crippen LogP contribution < -0.4 is 0 Å². The summed E-state index contributed by atoms with van der Waals surface area (Å²) in [7, 11) is 0. The zero-order valence-electron chi connectivity index (χ0n) is 27.9. The molecule has 3 heterocycles. The molecule has 0 saturated heterocycles. The van der Waals surface area contributed by atoms with Gasteiger partial charge < -0.3 is 13.9 Å². The number of aromatic nitrogens is 1. The van der Waals surface area contributed by atoms with Crippen LogP contribution >= 0.6 is 0 Å². The molecule has 6 heteroatoms. The molecule has 1 N–H and O–H groups in total. The first kappa shape index (κ1) is 34.3. The summed E-state index contributed by atoms with van der Waals surface area (Å²) in [5.41, 5.74) is 7.61. The molecule has 0 atom stereocenters. The van der Waals surface area contributed by atoms with Gasteiger partial charge in [-0.05, 0) is 43.5 Å². The van der Waals surface area contributed by atoms with Gasteiger partial charge in [0.1, 0.15) is 11.2 Å².